The number of ether oxygens (including phenoxy) is 1. The maximum absolute atomic E-state index is 12.2. The fraction of sp³-hybridized carbons (Fsp3) is 0.571. The maximum atomic E-state index is 12.2. The zero-order valence-corrected chi connectivity index (χ0v) is 13.4. The van der Waals surface area contributed by atoms with Gasteiger partial charge in [0.15, 0.2) is 0 Å². The first-order chi connectivity index (χ1) is 9.65. The van der Waals surface area contributed by atoms with Crippen molar-refractivity contribution in [1.29, 1.82) is 0 Å². The fourth-order valence-corrected chi connectivity index (χ4v) is 4.23. The Bertz CT molecular complexity index is 493. The van der Waals surface area contributed by atoms with Gasteiger partial charge in [0.05, 0.1) is 12.2 Å². The van der Waals surface area contributed by atoms with Gasteiger partial charge in [-0.25, -0.2) is 4.79 Å². The largest absolute Gasteiger partial charge is 0.462 e. The number of carbonyl (C=O) groups is 2. The molecule has 1 saturated heterocycles. The summed E-state index contributed by atoms with van der Waals surface area (Å²) in [5, 5.41) is 3.54. The molecule has 0 saturated carbocycles. The number of aryl methyl sites for hydroxylation is 1. The molecule has 2 rings (SSSR count). The maximum Gasteiger partial charge on any atom is 0.341 e. The molecule has 1 amide bonds. The van der Waals surface area contributed by atoms with Crippen LogP contribution in [0, 0.1) is 5.92 Å². The van der Waals surface area contributed by atoms with E-state index in [1.807, 2.05) is 13.0 Å². The van der Waals surface area contributed by atoms with Crippen molar-refractivity contribution in [2.24, 2.45) is 5.92 Å². The average molecular weight is 313 g/mol. The molecule has 1 unspecified atom stereocenters. The van der Waals surface area contributed by atoms with Crippen LogP contribution in [0.2, 0.25) is 0 Å². The molecule has 0 radical (unpaired) electrons. The number of esters is 1. The topological polar surface area (TPSA) is 55.4 Å². The highest BCUT2D eigenvalue weighted by atomic mass is 32.2. The van der Waals surface area contributed by atoms with Crippen molar-refractivity contribution >= 4 is 40.0 Å². The van der Waals surface area contributed by atoms with Gasteiger partial charge in [-0.1, -0.05) is 6.92 Å². The molecular weight excluding hydrogens is 294 g/mol. The lowest BCUT2D eigenvalue weighted by molar-refractivity contribution is -0.119. The molecular formula is C14H19NO3S2. The molecule has 1 aliphatic heterocycles. The summed E-state index contributed by atoms with van der Waals surface area (Å²) < 4.78 is 5.05. The zero-order chi connectivity index (χ0) is 14.5. The van der Waals surface area contributed by atoms with E-state index in [4.69, 9.17) is 4.74 Å². The first kappa shape index (κ1) is 15.4. The van der Waals surface area contributed by atoms with Gasteiger partial charge in [-0.05, 0) is 31.6 Å². The molecule has 20 heavy (non-hydrogen) atoms. The second-order valence-corrected chi connectivity index (χ2v) is 6.87. The number of nitrogens with one attached hydrogen (secondary N) is 1. The van der Waals surface area contributed by atoms with Crippen LogP contribution in [0.1, 0.15) is 35.5 Å². The van der Waals surface area contributed by atoms with Gasteiger partial charge in [-0.3, -0.25) is 4.79 Å². The van der Waals surface area contributed by atoms with Gasteiger partial charge in [-0.15, -0.1) is 11.3 Å². The third kappa shape index (κ3) is 3.55. The Kier molecular flexibility index (Phi) is 5.48. The molecule has 0 aliphatic carbocycles. The summed E-state index contributed by atoms with van der Waals surface area (Å²) in [6.45, 7) is 4.14. The van der Waals surface area contributed by atoms with E-state index in [1.54, 1.807) is 18.7 Å². The van der Waals surface area contributed by atoms with Crippen LogP contribution in [0.3, 0.4) is 0 Å². The highest BCUT2D eigenvalue weighted by Gasteiger charge is 2.25. The van der Waals surface area contributed by atoms with E-state index in [2.05, 4.69) is 5.32 Å². The molecule has 1 aromatic heterocycles. The number of anilines is 1. The van der Waals surface area contributed by atoms with Crippen molar-refractivity contribution < 1.29 is 14.3 Å². The van der Waals surface area contributed by atoms with Crippen LogP contribution in [-0.2, 0) is 16.0 Å². The van der Waals surface area contributed by atoms with Gasteiger partial charge in [0, 0.05) is 16.5 Å². The Morgan fingerprint density at radius 3 is 2.85 bits per heavy atom. The molecule has 1 atom stereocenters. The van der Waals surface area contributed by atoms with E-state index in [-0.39, 0.29) is 17.8 Å². The highest BCUT2D eigenvalue weighted by molar-refractivity contribution is 7.99. The quantitative estimate of drug-likeness (QED) is 0.848. The van der Waals surface area contributed by atoms with Gasteiger partial charge in [0.1, 0.15) is 5.00 Å². The van der Waals surface area contributed by atoms with Crippen molar-refractivity contribution in [2.75, 3.05) is 23.4 Å². The zero-order valence-electron chi connectivity index (χ0n) is 11.7. The summed E-state index contributed by atoms with van der Waals surface area (Å²) in [5.41, 5.74) is 0.479. The molecule has 6 heteroatoms. The van der Waals surface area contributed by atoms with Crippen LogP contribution < -0.4 is 5.32 Å². The number of rotatable bonds is 5. The fourth-order valence-electron chi connectivity index (χ4n) is 2.02. The second-order valence-electron chi connectivity index (χ2n) is 4.58. The summed E-state index contributed by atoms with van der Waals surface area (Å²) in [7, 11) is 0. The minimum atomic E-state index is -0.362. The monoisotopic (exact) mass is 313 g/mol. The number of hydrogen-bond acceptors (Lipinski definition) is 5. The van der Waals surface area contributed by atoms with E-state index < -0.39 is 0 Å². The Balaban J connectivity index is 2.14. The lowest BCUT2D eigenvalue weighted by atomic mass is 10.1. The van der Waals surface area contributed by atoms with E-state index in [0.29, 0.717) is 17.2 Å². The minimum Gasteiger partial charge on any atom is -0.462 e. The Morgan fingerprint density at radius 1 is 1.45 bits per heavy atom. The van der Waals surface area contributed by atoms with Crippen molar-refractivity contribution in [3.8, 4) is 0 Å². The second kappa shape index (κ2) is 7.13. The van der Waals surface area contributed by atoms with Crippen molar-refractivity contribution in [2.45, 2.75) is 26.7 Å². The predicted molar refractivity (Wildman–Crippen MR) is 83.7 cm³/mol. The lowest BCUT2D eigenvalue weighted by Crippen LogP contribution is -2.23. The molecule has 0 aromatic carbocycles. The van der Waals surface area contributed by atoms with Gasteiger partial charge in [-0.2, -0.15) is 11.8 Å². The van der Waals surface area contributed by atoms with Gasteiger partial charge < -0.3 is 10.1 Å². The number of hydrogen-bond donors (Lipinski definition) is 1. The third-order valence-electron chi connectivity index (χ3n) is 3.16. The van der Waals surface area contributed by atoms with Crippen LogP contribution >= 0.6 is 23.1 Å². The number of thiophene rings is 1. The first-order valence-electron chi connectivity index (χ1n) is 6.84. The summed E-state index contributed by atoms with van der Waals surface area (Å²) >= 11 is 3.26. The van der Waals surface area contributed by atoms with Crippen molar-refractivity contribution in [3.05, 3.63) is 16.5 Å². The molecule has 1 aliphatic rings. The van der Waals surface area contributed by atoms with E-state index in [0.717, 1.165) is 29.2 Å². The summed E-state index contributed by atoms with van der Waals surface area (Å²) in [6, 6.07) is 1.82. The molecule has 1 N–H and O–H groups in total. The lowest BCUT2D eigenvalue weighted by Gasteiger charge is -2.09. The standard InChI is InChI=1S/C14H19NO3S2/c1-3-10-7-11(14(17)18-4-2)13(20-10)15-12(16)9-5-6-19-8-9/h7,9H,3-6,8H2,1-2H3,(H,15,16). The molecule has 0 bridgehead atoms. The van der Waals surface area contributed by atoms with E-state index >= 15 is 0 Å². The van der Waals surface area contributed by atoms with Crippen LogP contribution in [0.15, 0.2) is 6.07 Å². The van der Waals surface area contributed by atoms with Crippen molar-refractivity contribution in [3.63, 3.8) is 0 Å². The third-order valence-corrected chi connectivity index (χ3v) is 5.52. The van der Waals surface area contributed by atoms with Gasteiger partial charge in [0.25, 0.3) is 0 Å². The average Bonchev–Trinajstić information content (AvgIpc) is 3.08. The summed E-state index contributed by atoms with van der Waals surface area (Å²) in [5.74, 6) is 1.62. The van der Waals surface area contributed by atoms with Crippen LogP contribution in [-0.4, -0.2) is 30.0 Å². The van der Waals surface area contributed by atoms with E-state index in [9.17, 15) is 9.59 Å². The minimum absolute atomic E-state index is 0.0186. The normalized spacial score (nSPS) is 18.0. The SMILES string of the molecule is CCOC(=O)c1cc(CC)sc1NC(=O)C1CCSC1. The number of carbonyl (C=O) groups excluding carboxylic acids is 2. The molecule has 0 spiro atoms. The number of thioether (sulfide) groups is 1. The molecule has 4 nitrogen and oxygen atoms in total. The molecule has 2 heterocycles. The predicted octanol–water partition coefficient (Wildman–Crippen LogP) is 3.18. The number of amides is 1. The van der Waals surface area contributed by atoms with Gasteiger partial charge in [0.2, 0.25) is 5.91 Å². The van der Waals surface area contributed by atoms with Crippen LogP contribution in [0.25, 0.3) is 0 Å². The Labute approximate surface area is 127 Å². The van der Waals surface area contributed by atoms with Crippen molar-refractivity contribution in [1.82, 2.24) is 0 Å². The highest BCUT2D eigenvalue weighted by Crippen LogP contribution is 2.31. The van der Waals surface area contributed by atoms with Gasteiger partial charge >= 0.3 is 5.97 Å². The summed E-state index contributed by atoms with van der Waals surface area (Å²) in [6.07, 6.45) is 1.75. The smallest absolute Gasteiger partial charge is 0.341 e. The van der Waals surface area contributed by atoms with Crippen LogP contribution in [0.4, 0.5) is 5.00 Å². The molecule has 110 valence electrons. The van der Waals surface area contributed by atoms with E-state index in [1.165, 1.54) is 11.3 Å². The summed E-state index contributed by atoms with van der Waals surface area (Å²) in [4.78, 5) is 25.2. The molecule has 1 aromatic rings. The first-order valence-corrected chi connectivity index (χ1v) is 8.81. The Morgan fingerprint density at radius 2 is 2.25 bits per heavy atom. The van der Waals surface area contributed by atoms with Crippen LogP contribution in [0.5, 0.6) is 0 Å². The molecule has 1 fully saturated rings. The Hall–Kier alpha value is -1.01.